The molecule has 1 fully saturated rings. The zero-order valence-electron chi connectivity index (χ0n) is 24.6. The summed E-state index contributed by atoms with van der Waals surface area (Å²) in [5, 5.41) is 2.91. The van der Waals surface area contributed by atoms with E-state index in [9.17, 15) is 22.8 Å². The molecule has 0 saturated carbocycles. The predicted octanol–water partition coefficient (Wildman–Crippen LogP) is 7.44. The van der Waals surface area contributed by atoms with Gasteiger partial charge in [-0.15, -0.1) is 0 Å². The average molecular weight is 602 g/mol. The zero-order chi connectivity index (χ0) is 31.3. The molecule has 2 atom stereocenters. The number of likely N-dealkylation sites (tertiary alicyclic amines) is 1. The molecule has 44 heavy (non-hydrogen) atoms. The molecule has 228 valence electrons. The summed E-state index contributed by atoms with van der Waals surface area (Å²) in [5.41, 5.74) is 3.14. The highest BCUT2D eigenvalue weighted by Gasteiger charge is 2.36. The highest BCUT2D eigenvalue weighted by atomic mass is 19.4. The molecule has 6 nitrogen and oxygen atoms in total. The lowest BCUT2D eigenvalue weighted by molar-refractivity contribution is -0.149. The molecule has 4 aromatic rings. The van der Waals surface area contributed by atoms with Crippen LogP contribution in [0.5, 0.6) is 0 Å². The third kappa shape index (κ3) is 6.94. The lowest BCUT2D eigenvalue weighted by Gasteiger charge is -2.30. The van der Waals surface area contributed by atoms with Gasteiger partial charge < -0.3 is 15.0 Å². The van der Waals surface area contributed by atoms with Crippen LogP contribution in [0.2, 0.25) is 0 Å². The molecule has 1 aliphatic rings. The van der Waals surface area contributed by atoms with Gasteiger partial charge >= 0.3 is 12.1 Å². The van der Waals surface area contributed by atoms with Gasteiger partial charge in [0.1, 0.15) is 6.04 Å². The van der Waals surface area contributed by atoms with Crippen LogP contribution in [0.3, 0.4) is 0 Å². The Balaban J connectivity index is 1.25. The average Bonchev–Trinajstić information content (AvgIpc) is 3.51. The van der Waals surface area contributed by atoms with Gasteiger partial charge in [-0.25, -0.2) is 4.79 Å². The maximum absolute atomic E-state index is 13.2. The molecule has 0 radical (unpaired) electrons. The van der Waals surface area contributed by atoms with Crippen molar-refractivity contribution in [2.24, 2.45) is 0 Å². The molecular formula is C35H34F3N3O3. The number of ether oxygens (including phenoxy) is 1. The van der Waals surface area contributed by atoms with Crippen LogP contribution in [0.4, 0.5) is 24.5 Å². The number of carbonyl (C=O) groups is 2. The van der Waals surface area contributed by atoms with E-state index in [0.717, 1.165) is 36.3 Å². The van der Waals surface area contributed by atoms with Crippen molar-refractivity contribution in [3.8, 4) is 11.1 Å². The Morgan fingerprint density at radius 2 is 1.59 bits per heavy atom. The normalized spacial score (nSPS) is 15.9. The molecule has 1 amide bonds. The molecule has 0 aliphatic carbocycles. The van der Waals surface area contributed by atoms with Crippen LogP contribution in [-0.4, -0.2) is 49.6 Å². The van der Waals surface area contributed by atoms with Crippen LogP contribution < -0.4 is 10.2 Å². The van der Waals surface area contributed by atoms with Crippen LogP contribution in [0, 0.1) is 0 Å². The van der Waals surface area contributed by atoms with Crippen molar-refractivity contribution in [1.29, 1.82) is 0 Å². The molecule has 5 rings (SSSR count). The zero-order valence-corrected chi connectivity index (χ0v) is 24.6. The number of likely N-dealkylation sites (N-methyl/N-ethyl adjacent to an activating group) is 1. The number of anilines is 2. The van der Waals surface area contributed by atoms with Gasteiger partial charge in [-0.2, -0.15) is 13.2 Å². The van der Waals surface area contributed by atoms with E-state index in [1.54, 1.807) is 24.3 Å². The first kappa shape index (κ1) is 30.8. The quantitative estimate of drug-likeness (QED) is 0.202. The fourth-order valence-corrected chi connectivity index (χ4v) is 5.63. The van der Waals surface area contributed by atoms with Gasteiger partial charge in [0, 0.05) is 43.1 Å². The standard InChI is InChI=1S/C35H34F3N3O3/c1-3-44-34(43)32(25-9-5-4-6-10-25)41-22-21-29(23-41)40(2)28-19-17-27(18-20-28)39-33(42)31-12-8-7-11-30(31)24-13-15-26(16-14-24)35(36,37)38/h4-20,29,32H,3,21-23H2,1-2H3,(H,39,42). The predicted molar refractivity (Wildman–Crippen MR) is 165 cm³/mol. The van der Waals surface area contributed by atoms with Gasteiger partial charge in [-0.3, -0.25) is 9.69 Å². The van der Waals surface area contributed by atoms with Crippen molar-refractivity contribution in [3.05, 3.63) is 120 Å². The third-order valence-electron chi connectivity index (χ3n) is 7.96. The van der Waals surface area contributed by atoms with Crippen molar-refractivity contribution < 1.29 is 27.5 Å². The molecule has 9 heteroatoms. The molecule has 2 unspecified atom stereocenters. The number of amides is 1. The number of benzene rings is 4. The Kier molecular flexibility index (Phi) is 9.35. The number of halogens is 3. The van der Waals surface area contributed by atoms with Crippen LogP contribution in [-0.2, 0) is 15.7 Å². The van der Waals surface area contributed by atoms with Crippen LogP contribution in [0.15, 0.2) is 103 Å². The third-order valence-corrected chi connectivity index (χ3v) is 7.96. The summed E-state index contributed by atoms with van der Waals surface area (Å²) in [7, 11) is 2.02. The number of nitrogens with zero attached hydrogens (tertiary/aromatic N) is 2. The molecule has 4 aromatic carbocycles. The second kappa shape index (κ2) is 13.3. The number of hydrogen-bond acceptors (Lipinski definition) is 5. The van der Waals surface area contributed by atoms with Crippen LogP contribution in [0.25, 0.3) is 11.1 Å². The minimum absolute atomic E-state index is 0.173. The Hall–Kier alpha value is -4.63. The van der Waals surface area contributed by atoms with Gasteiger partial charge in [0.2, 0.25) is 0 Å². The molecule has 0 aromatic heterocycles. The van der Waals surface area contributed by atoms with E-state index in [1.807, 2.05) is 68.6 Å². The second-order valence-electron chi connectivity index (χ2n) is 10.7. The topological polar surface area (TPSA) is 61.9 Å². The number of carbonyl (C=O) groups excluding carboxylic acids is 2. The van der Waals surface area contributed by atoms with Gasteiger partial charge in [-0.1, -0.05) is 60.7 Å². The van der Waals surface area contributed by atoms with Gasteiger partial charge in [0.15, 0.2) is 0 Å². The van der Waals surface area contributed by atoms with Crippen molar-refractivity contribution in [2.45, 2.75) is 31.6 Å². The summed E-state index contributed by atoms with van der Waals surface area (Å²) < 4.78 is 44.5. The van der Waals surface area contributed by atoms with E-state index in [-0.39, 0.29) is 17.9 Å². The summed E-state index contributed by atoms with van der Waals surface area (Å²) in [6, 6.07) is 28.5. The first-order valence-corrected chi connectivity index (χ1v) is 14.5. The molecule has 1 aliphatic heterocycles. The van der Waals surface area contributed by atoms with Crippen LogP contribution >= 0.6 is 0 Å². The summed E-state index contributed by atoms with van der Waals surface area (Å²) in [4.78, 5) is 30.5. The van der Waals surface area contributed by atoms with Crippen molar-refractivity contribution in [3.63, 3.8) is 0 Å². The fourth-order valence-electron chi connectivity index (χ4n) is 5.63. The molecule has 1 saturated heterocycles. The minimum Gasteiger partial charge on any atom is -0.465 e. The smallest absolute Gasteiger partial charge is 0.416 e. The van der Waals surface area contributed by atoms with Gasteiger partial charge in [0.05, 0.1) is 12.2 Å². The summed E-state index contributed by atoms with van der Waals surface area (Å²) in [5.74, 6) is -0.610. The number of esters is 1. The van der Waals surface area contributed by atoms with Crippen molar-refractivity contribution >= 4 is 23.3 Å². The van der Waals surface area contributed by atoms with E-state index in [2.05, 4.69) is 15.1 Å². The van der Waals surface area contributed by atoms with Crippen molar-refractivity contribution in [1.82, 2.24) is 4.90 Å². The SMILES string of the molecule is CCOC(=O)C(c1ccccc1)N1CCC(N(C)c2ccc(NC(=O)c3ccccc3-c3ccc(C(F)(F)F)cc3)cc2)C1. The Morgan fingerprint density at radius 1 is 0.932 bits per heavy atom. The summed E-state index contributed by atoms with van der Waals surface area (Å²) in [6.07, 6.45) is -3.56. The van der Waals surface area contributed by atoms with E-state index >= 15 is 0 Å². The largest absolute Gasteiger partial charge is 0.465 e. The monoisotopic (exact) mass is 601 g/mol. The fraction of sp³-hybridized carbons (Fsp3) is 0.257. The Bertz CT molecular complexity index is 1580. The number of rotatable bonds is 9. The van der Waals surface area contributed by atoms with Gasteiger partial charge in [-0.05, 0) is 72.5 Å². The molecule has 1 heterocycles. The number of nitrogens with one attached hydrogen (secondary N) is 1. The van der Waals surface area contributed by atoms with Crippen molar-refractivity contribution in [2.75, 3.05) is 37.0 Å². The maximum Gasteiger partial charge on any atom is 0.416 e. The number of alkyl halides is 3. The maximum atomic E-state index is 13.2. The highest BCUT2D eigenvalue weighted by Crippen LogP contribution is 2.33. The minimum atomic E-state index is -4.43. The molecule has 0 spiro atoms. The Morgan fingerprint density at radius 3 is 2.25 bits per heavy atom. The lowest BCUT2D eigenvalue weighted by atomic mass is 9.98. The van der Waals surface area contributed by atoms with Gasteiger partial charge in [0.25, 0.3) is 5.91 Å². The molecule has 1 N–H and O–H groups in total. The highest BCUT2D eigenvalue weighted by molar-refractivity contribution is 6.08. The Labute approximate surface area is 255 Å². The summed E-state index contributed by atoms with van der Waals surface area (Å²) >= 11 is 0. The lowest BCUT2D eigenvalue weighted by Crippen LogP contribution is -2.38. The molecular weight excluding hydrogens is 567 g/mol. The first-order valence-electron chi connectivity index (χ1n) is 14.5. The first-order chi connectivity index (χ1) is 21.2. The molecule has 0 bridgehead atoms. The van der Waals surface area contributed by atoms with E-state index < -0.39 is 17.8 Å². The number of hydrogen-bond donors (Lipinski definition) is 1. The van der Waals surface area contributed by atoms with E-state index in [0.29, 0.717) is 35.5 Å². The van der Waals surface area contributed by atoms with E-state index in [4.69, 9.17) is 4.74 Å². The summed E-state index contributed by atoms with van der Waals surface area (Å²) in [6.45, 7) is 3.57. The second-order valence-corrected chi connectivity index (χ2v) is 10.7. The van der Waals surface area contributed by atoms with E-state index in [1.165, 1.54) is 12.1 Å². The van der Waals surface area contributed by atoms with Crippen LogP contribution in [0.1, 0.15) is 40.9 Å².